The maximum atomic E-state index is 7.13. The second-order valence-corrected chi connectivity index (χ2v) is 21.9. The summed E-state index contributed by atoms with van der Waals surface area (Å²) in [6, 6.07) is 98.0. The number of hydrogen-bond donors (Lipinski definition) is 0. The molecule has 14 aromatic rings. The van der Waals surface area contributed by atoms with Crippen molar-refractivity contribution in [3.63, 3.8) is 0 Å². The molecule has 1 atom stereocenters. The van der Waals surface area contributed by atoms with Crippen LogP contribution in [0.25, 0.3) is 77.3 Å². The van der Waals surface area contributed by atoms with E-state index in [9.17, 15) is 0 Å². The van der Waals surface area contributed by atoms with Crippen molar-refractivity contribution in [2.75, 3.05) is 9.80 Å². The van der Waals surface area contributed by atoms with Crippen LogP contribution in [0.5, 0.6) is 0 Å². The third-order valence-corrected chi connectivity index (χ3v) is 17.5. The Morgan fingerprint density at radius 3 is 1.59 bits per heavy atom. The molecule has 1 aliphatic heterocycles. The van der Waals surface area contributed by atoms with E-state index in [1.807, 2.05) is 23.9 Å². The van der Waals surface area contributed by atoms with Crippen LogP contribution in [0.2, 0.25) is 5.02 Å². The third-order valence-electron chi connectivity index (χ3n) is 16.1. The fourth-order valence-corrected chi connectivity index (χ4v) is 14.2. The lowest BCUT2D eigenvalue weighted by Gasteiger charge is -2.40. The average Bonchev–Trinajstić information content (AvgIpc) is 4.22. The number of nitrogens with zero attached hydrogens (tertiary/aromatic N) is 2. The van der Waals surface area contributed by atoms with Crippen molar-refractivity contribution < 1.29 is 8.83 Å². The molecule has 0 bridgehead atoms. The van der Waals surface area contributed by atoms with E-state index in [1.54, 1.807) is 0 Å². The smallest absolute Gasteiger partial charge is 0.145 e. The van der Waals surface area contributed by atoms with Gasteiger partial charge in [0.15, 0.2) is 0 Å². The van der Waals surface area contributed by atoms with Gasteiger partial charge in [-0.15, -0.1) is 0 Å². The summed E-state index contributed by atoms with van der Waals surface area (Å²) < 4.78 is 13.5. The highest BCUT2D eigenvalue weighted by Crippen LogP contribution is 2.64. The molecule has 6 heteroatoms. The summed E-state index contributed by atoms with van der Waals surface area (Å²) >= 11 is 8.97. The maximum absolute atomic E-state index is 7.13. The highest BCUT2D eigenvalue weighted by Gasteiger charge is 2.50. The normalized spacial score (nSPS) is 14.1. The predicted molar refractivity (Wildman–Crippen MR) is 328 cm³/mol. The molecule has 372 valence electrons. The Morgan fingerprint density at radius 1 is 0.329 bits per heavy atom. The molecular formula is C73H45ClN2O2S. The van der Waals surface area contributed by atoms with Crippen LogP contribution in [0, 0.1) is 0 Å². The van der Waals surface area contributed by atoms with Crippen molar-refractivity contribution in [3.05, 3.63) is 300 Å². The van der Waals surface area contributed by atoms with E-state index in [0.29, 0.717) is 5.02 Å². The molecule has 2 aromatic heterocycles. The Balaban J connectivity index is 0.910. The number of furan rings is 2. The molecule has 0 saturated heterocycles. The van der Waals surface area contributed by atoms with E-state index in [-0.39, 0.29) is 0 Å². The van der Waals surface area contributed by atoms with Crippen LogP contribution in [0.3, 0.4) is 0 Å². The van der Waals surface area contributed by atoms with E-state index in [4.69, 9.17) is 20.4 Å². The average molecular weight is 1050 g/mol. The Labute approximate surface area is 466 Å². The van der Waals surface area contributed by atoms with Crippen molar-refractivity contribution in [2.45, 2.75) is 15.2 Å². The lowest BCUT2D eigenvalue weighted by Crippen LogP contribution is -2.32. The molecule has 12 aromatic carbocycles. The molecule has 1 aliphatic carbocycles. The van der Waals surface area contributed by atoms with Gasteiger partial charge < -0.3 is 18.6 Å². The Kier molecular flexibility index (Phi) is 10.4. The lowest BCUT2D eigenvalue weighted by atomic mass is 9.67. The monoisotopic (exact) mass is 1050 g/mol. The van der Waals surface area contributed by atoms with Crippen molar-refractivity contribution in [1.29, 1.82) is 0 Å². The first-order valence-corrected chi connectivity index (χ1v) is 27.9. The van der Waals surface area contributed by atoms with Gasteiger partial charge in [-0.05, 0) is 148 Å². The van der Waals surface area contributed by atoms with E-state index in [1.165, 1.54) is 32.0 Å². The molecule has 0 N–H and O–H groups in total. The summed E-state index contributed by atoms with van der Waals surface area (Å²) in [4.78, 5) is 7.19. The summed E-state index contributed by atoms with van der Waals surface area (Å²) in [5.74, 6) is 0. The highest BCUT2D eigenvalue weighted by molar-refractivity contribution is 7.99. The molecule has 2 aliphatic rings. The van der Waals surface area contributed by atoms with Crippen LogP contribution < -0.4 is 9.80 Å². The summed E-state index contributed by atoms with van der Waals surface area (Å²) in [6.45, 7) is 0. The summed E-state index contributed by atoms with van der Waals surface area (Å²) in [5, 5.41) is 4.98. The third kappa shape index (κ3) is 7.03. The van der Waals surface area contributed by atoms with Crippen LogP contribution in [0.1, 0.15) is 22.3 Å². The lowest BCUT2D eigenvalue weighted by molar-refractivity contribution is 0.669. The highest BCUT2D eigenvalue weighted by atomic mass is 35.5. The van der Waals surface area contributed by atoms with Gasteiger partial charge in [-0.25, -0.2) is 0 Å². The van der Waals surface area contributed by atoms with Gasteiger partial charge in [-0.3, -0.25) is 0 Å². The van der Waals surface area contributed by atoms with Gasteiger partial charge in [0.2, 0.25) is 0 Å². The maximum Gasteiger partial charge on any atom is 0.145 e. The summed E-state index contributed by atoms with van der Waals surface area (Å²) in [7, 11) is 0. The van der Waals surface area contributed by atoms with Gasteiger partial charge in [0.25, 0.3) is 0 Å². The molecule has 16 rings (SSSR count). The predicted octanol–water partition coefficient (Wildman–Crippen LogP) is 21.2. The molecule has 3 heterocycles. The van der Waals surface area contributed by atoms with Crippen LogP contribution in [0.4, 0.5) is 34.1 Å². The van der Waals surface area contributed by atoms with Crippen molar-refractivity contribution in [1.82, 2.24) is 0 Å². The van der Waals surface area contributed by atoms with E-state index < -0.39 is 5.41 Å². The Hall–Kier alpha value is -9.52. The van der Waals surface area contributed by atoms with Gasteiger partial charge in [-0.1, -0.05) is 193 Å². The minimum absolute atomic E-state index is 0.668. The molecule has 0 radical (unpaired) electrons. The first-order valence-electron chi connectivity index (χ1n) is 26.7. The SMILES string of the molecule is Clc1ccc2c(c1)-c1cc(N(c3ccccc3)c3cc(-c4ccccc4)c4oc5ccccc5c4c3)ccc1C21c2ccccc2Sc2cc(N(c3ccccc3)c3ccc(-c4ccccc4)c4oc5ccccc5c34)ccc21. The number of benzene rings is 12. The molecule has 1 spiro atoms. The largest absolute Gasteiger partial charge is 0.455 e. The molecule has 4 nitrogen and oxygen atoms in total. The zero-order valence-corrected chi connectivity index (χ0v) is 44.1. The molecule has 1 unspecified atom stereocenters. The summed E-state index contributed by atoms with van der Waals surface area (Å²) in [5.41, 5.74) is 20.5. The van der Waals surface area contributed by atoms with Crippen molar-refractivity contribution in [2.24, 2.45) is 0 Å². The van der Waals surface area contributed by atoms with E-state index in [2.05, 4.69) is 271 Å². The second-order valence-electron chi connectivity index (χ2n) is 20.4. The molecule has 0 amide bonds. The van der Waals surface area contributed by atoms with Crippen molar-refractivity contribution >= 4 is 101 Å². The van der Waals surface area contributed by atoms with Gasteiger partial charge in [0.05, 0.1) is 16.5 Å². The van der Waals surface area contributed by atoms with E-state index in [0.717, 1.165) is 111 Å². The van der Waals surface area contributed by atoms with Gasteiger partial charge in [0, 0.05) is 70.5 Å². The quantitative estimate of drug-likeness (QED) is 0.151. The fraction of sp³-hybridized carbons (Fsp3) is 0.0137. The second kappa shape index (κ2) is 18.0. The van der Waals surface area contributed by atoms with Crippen molar-refractivity contribution in [3.8, 4) is 33.4 Å². The van der Waals surface area contributed by atoms with Gasteiger partial charge in [-0.2, -0.15) is 0 Å². The number of para-hydroxylation sites is 4. The Bertz CT molecular complexity index is 4730. The Morgan fingerprint density at radius 2 is 0.861 bits per heavy atom. The summed E-state index contributed by atoms with van der Waals surface area (Å²) in [6.07, 6.45) is 0. The van der Waals surface area contributed by atoms with Crippen LogP contribution in [-0.4, -0.2) is 0 Å². The minimum atomic E-state index is -0.668. The first-order chi connectivity index (χ1) is 39.1. The standard InChI is InChI=1S/C73H45ClN2O2S/c74-48-33-37-61-58(41-48)59-42-51(75(49-23-9-3-10-24-49)53-43-57(47-21-7-2-8-22-47)71-60(44-53)55-27-13-16-30-66(55)77-71)34-38-62(59)73(61)63-29-15-18-32-68(63)79-69-45-52(35-39-64(69)73)76(50-25-11-4-12-26-50)65-40-36-54(46-19-5-1-6-20-46)72-70(65)56-28-14-17-31-67(56)78-72/h1-45H. The molecular weight excluding hydrogens is 1000 g/mol. The first kappa shape index (κ1) is 45.7. The minimum Gasteiger partial charge on any atom is -0.455 e. The van der Waals surface area contributed by atoms with Crippen LogP contribution >= 0.6 is 23.4 Å². The van der Waals surface area contributed by atoms with Crippen LogP contribution in [-0.2, 0) is 5.41 Å². The van der Waals surface area contributed by atoms with Gasteiger partial charge in [0.1, 0.15) is 22.3 Å². The number of halogens is 1. The zero-order valence-electron chi connectivity index (χ0n) is 42.5. The number of fused-ring (bicyclic) bond motifs is 15. The zero-order chi connectivity index (χ0) is 52.2. The van der Waals surface area contributed by atoms with Crippen LogP contribution in [0.15, 0.2) is 292 Å². The van der Waals surface area contributed by atoms with Gasteiger partial charge >= 0.3 is 0 Å². The van der Waals surface area contributed by atoms with E-state index >= 15 is 0 Å². The number of rotatable bonds is 8. The number of hydrogen-bond acceptors (Lipinski definition) is 5. The topological polar surface area (TPSA) is 32.8 Å². The fourth-order valence-electron chi connectivity index (χ4n) is 12.8. The number of anilines is 6. The molecule has 0 fully saturated rings. The molecule has 79 heavy (non-hydrogen) atoms. The molecule has 0 saturated carbocycles.